The molecule has 6 nitrogen and oxygen atoms in total. The summed E-state index contributed by atoms with van der Waals surface area (Å²) in [6.45, 7) is 5.34. The van der Waals surface area contributed by atoms with Gasteiger partial charge in [-0.3, -0.25) is 4.79 Å². The average Bonchev–Trinajstić information content (AvgIpc) is 2.57. The number of nitrogens with zero attached hydrogens (tertiary/aromatic N) is 2. The van der Waals surface area contributed by atoms with Gasteiger partial charge in [-0.25, -0.2) is 9.31 Å². The number of carbonyl (C=O) groups is 1. The Hall–Kier alpha value is -2.11. The van der Waals surface area contributed by atoms with Gasteiger partial charge in [-0.05, 0) is 20.8 Å². The Labute approximate surface area is 97.2 Å². The minimum atomic E-state index is -0.569. The largest absolute Gasteiger partial charge is 0.455 e. The van der Waals surface area contributed by atoms with Crippen molar-refractivity contribution in [3.8, 4) is 0 Å². The fourth-order valence-electron chi connectivity index (χ4n) is 1.34. The number of hydrogen-bond acceptors (Lipinski definition) is 4. The smallest absolute Gasteiger partial charge is 0.359 e. The van der Waals surface area contributed by atoms with Crippen molar-refractivity contribution in [1.82, 2.24) is 14.6 Å². The summed E-state index contributed by atoms with van der Waals surface area (Å²) in [5.41, 5.74) is -0.186. The summed E-state index contributed by atoms with van der Waals surface area (Å²) >= 11 is 0. The summed E-state index contributed by atoms with van der Waals surface area (Å²) in [6.07, 6.45) is 1.49. The molecule has 90 valence electrons. The summed E-state index contributed by atoms with van der Waals surface area (Å²) in [7, 11) is 0. The second-order valence-electron chi connectivity index (χ2n) is 4.67. The third-order valence-electron chi connectivity index (χ3n) is 1.96. The number of carbonyl (C=O) groups excluding carboxylic acids is 1. The molecule has 0 unspecified atom stereocenters. The molecule has 2 rings (SSSR count). The van der Waals surface area contributed by atoms with Crippen LogP contribution in [0.15, 0.2) is 23.1 Å². The molecule has 0 spiro atoms. The van der Waals surface area contributed by atoms with Crippen molar-refractivity contribution in [1.29, 1.82) is 0 Å². The molecule has 0 atom stereocenters. The number of aromatic amines is 1. The van der Waals surface area contributed by atoms with Crippen molar-refractivity contribution in [2.45, 2.75) is 26.4 Å². The van der Waals surface area contributed by atoms with E-state index in [4.69, 9.17) is 4.74 Å². The van der Waals surface area contributed by atoms with Crippen LogP contribution in [0.2, 0.25) is 0 Å². The molecule has 2 aromatic rings. The number of ether oxygens (including phenoxy) is 1. The van der Waals surface area contributed by atoms with Crippen LogP contribution in [-0.4, -0.2) is 26.2 Å². The molecule has 6 heteroatoms. The van der Waals surface area contributed by atoms with E-state index < -0.39 is 11.6 Å². The van der Waals surface area contributed by atoms with Gasteiger partial charge in [0, 0.05) is 18.3 Å². The van der Waals surface area contributed by atoms with Crippen LogP contribution in [0, 0.1) is 0 Å². The summed E-state index contributed by atoms with van der Waals surface area (Å²) < 4.78 is 6.59. The van der Waals surface area contributed by atoms with Crippen molar-refractivity contribution in [3.63, 3.8) is 0 Å². The molecular formula is C11H13N3O3. The molecule has 2 heterocycles. The van der Waals surface area contributed by atoms with Crippen molar-refractivity contribution < 1.29 is 9.53 Å². The first-order valence-electron chi connectivity index (χ1n) is 5.17. The zero-order valence-electron chi connectivity index (χ0n) is 9.85. The molecule has 0 fully saturated rings. The van der Waals surface area contributed by atoms with Crippen molar-refractivity contribution in [2.24, 2.45) is 0 Å². The first-order chi connectivity index (χ1) is 7.85. The summed E-state index contributed by atoms with van der Waals surface area (Å²) in [5.74, 6) is -0.512. The maximum atomic E-state index is 11.7. The first kappa shape index (κ1) is 11.4. The molecule has 0 aliphatic rings. The third kappa shape index (κ3) is 2.52. The van der Waals surface area contributed by atoms with E-state index in [0.717, 1.165) is 0 Å². The fraction of sp³-hybridized carbons (Fsp3) is 0.364. The van der Waals surface area contributed by atoms with Gasteiger partial charge in [-0.1, -0.05) is 0 Å². The Balaban J connectivity index is 2.37. The van der Waals surface area contributed by atoms with Gasteiger partial charge in [0.2, 0.25) is 0 Å². The lowest BCUT2D eigenvalue weighted by molar-refractivity contribution is 0.00625. The molecule has 17 heavy (non-hydrogen) atoms. The molecule has 1 N–H and O–H groups in total. The molecule has 0 bridgehead atoms. The minimum absolute atomic E-state index is 0.168. The van der Waals surface area contributed by atoms with Crippen molar-refractivity contribution in [3.05, 3.63) is 34.4 Å². The Bertz CT molecular complexity index is 619. The number of rotatable bonds is 1. The SMILES string of the molecule is CC(C)(C)OC(=O)c1cc2[nH]c(=O)ccn2n1. The Kier molecular flexibility index (Phi) is 2.49. The van der Waals surface area contributed by atoms with Crippen LogP contribution in [-0.2, 0) is 4.74 Å². The van der Waals surface area contributed by atoms with Crippen LogP contribution in [0.4, 0.5) is 0 Å². The molecule has 0 aliphatic carbocycles. The van der Waals surface area contributed by atoms with Crippen LogP contribution >= 0.6 is 0 Å². The highest BCUT2D eigenvalue weighted by atomic mass is 16.6. The molecule has 0 saturated carbocycles. The van der Waals surface area contributed by atoms with Crippen LogP contribution < -0.4 is 5.56 Å². The van der Waals surface area contributed by atoms with E-state index in [-0.39, 0.29) is 11.3 Å². The highest BCUT2D eigenvalue weighted by Crippen LogP contribution is 2.11. The van der Waals surface area contributed by atoms with E-state index >= 15 is 0 Å². The summed E-state index contributed by atoms with van der Waals surface area (Å²) in [5, 5.41) is 4.01. The van der Waals surface area contributed by atoms with Crippen molar-refractivity contribution in [2.75, 3.05) is 0 Å². The lowest BCUT2D eigenvalue weighted by Gasteiger charge is -2.18. The predicted molar refractivity (Wildman–Crippen MR) is 61.0 cm³/mol. The Morgan fingerprint density at radius 1 is 1.47 bits per heavy atom. The van der Waals surface area contributed by atoms with E-state index in [2.05, 4.69) is 10.1 Å². The van der Waals surface area contributed by atoms with Gasteiger partial charge in [-0.15, -0.1) is 0 Å². The summed E-state index contributed by atoms with van der Waals surface area (Å²) in [4.78, 5) is 25.4. The Morgan fingerprint density at radius 3 is 2.82 bits per heavy atom. The van der Waals surface area contributed by atoms with E-state index in [0.29, 0.717) is 5.65 Å². The lowest BCUT2D eigenvalue weighted by Crippen LogP contribution is -2.24. The number of aromatic nitrogens is 3. The average molecular weight is 235 g/mol. The molecule has 0 amide bonds. The van der Waals surface area contributed by atoms with E-state index in [1.807, 2.05) is 0 Å². The number of H-pyrrole nitrogens is 1. The maximum absolute atomic E-state index is 11.7. The summed E-state index contributed by atoms with van der Waals surface area (Å²) in [6, 6.07) is 2.81. The third-order valence-corrected chi connectivity index (χ3v) is 1.96. The molecule has 0 radical (unpaired) electrons. The van der Waals surface area contributed by atoms with Gasteiger partial charge in [0.25, 0.3) is 5.56 Å². The number of hydrogen-bond donors (Lipinski definition) is 1. The van der Waals surface area contributed by atoms with Crippen LogP contribution in [0.25, 0.3) is 5.65 Å². The standard InChI is InChI=1S/C11H13N3O3/c1-11(2,3)17-10(16)7-6-8-12-9(15)4-5-14(8)13-7/h4-6H,1-3H3,(H,12,15). The first-order valence-corrected chi connectivity index (χ1v) is 5.17. The van der Waals surface area contributed by atoms with Gasteiger partial charge < -0.3 is 9.72 Å². The quantitative estimate of drug-likeness (QED) is 0.747. The van der Waals surface area contributed by atoms with Gasteiger partial charge in [0.15, 0.2) is 5.69 Å². The zero-order valence-corrected chi connectivity index (χ0v) is 9.85. The minimum Gasteiger partial charge on any atom is -0.455 e. The highest BCUT2D eigenvalue weighted by molar-refractivity contribution is 5.88. The normalized spacial score (nSPS) is 11.7. The fourth-order valence-corrected chi connectivity index (χ4v) is 1.34. The monoisotopic (exact) mass is 235 g/mol. The van der Waals surface area contributed by atoms with Crippen molar-refractivity contribution >= 4 is 11.6 Å². The van der Waals surface area contributed by atoms with Crippen LogP contribution in [0.1, 0.15) is 31.3 Å². The lowest BCUT2D eigenvalue weighted by atomic mass is 10.2. The molecule has 0 aliphatic heterocycles. The van der Waals surface area contributed by atoms with Gasteiger partial charge in [0.1, 0.15) is 11.2 Å². The highest BCUT2D eigenvalue weighted by Gasteiger charge is 2.20. The predicted octanol–water partition coefficient (Wildman–Crippen LogP) is 0.978. The Morgan fingerprint density at radius 2 is 2.18 bits per heavy atom. The molecule has 0 saturated heterocycles. The molecule has 0 aromatic carbocycles. The number of nitrogens with one attached hydrogen (secondary N) is 1. The van der Waals surface area contributed by atoms with Gasteiger partial charge in [-0.2, -0.15) is 5.10 Å². The number of esters is 1. The van der Waals surface area contributed by atoms with Crippen LogP contribution in [0.5, 0.6) is 0 Å². The zero-order chi connectivity index (χ0) is 12.6. The van der Waals surface area contributed by atoms with E-state index in [1.165, 1.54) is 22.8 Å². The van der Waals surface area contributed by atoms with Gasteiger partial charge >= 0.3 is 5.97 Å². The van der Waals surface area contributed by atoms with E-state index in [1.54, 1.807) is 20.8 Å². The van der Waals surface area contributed by atoms with E-state index in [9.17, 15) is 9.59 Å². The molecule has 2 aromatic heterocycles. The second kappa shape index (κ2) is 3.73. The molecular weight excluding hydrogens is 222 g/mol. The number of fused-ring (bicyclic) bond motifs is 1. The topological polar surface area (TPSA) is 76.5 Å². The second-order valence-corrected chi connectivity index (χ2v) is 4.67. The maximum Gasteiger partial charge on any atom is 0.359 e. The van der Waals surface area contributed by atoms with Crippen LogP contribution in [0.3, 0.4) is 0 Å². The van der Waals surface area contributed by atoms with Gasteiger partial charge in [0.05, 0.1) is 0 Å².